The smallest absolute Gasteiger partial charge is 0.412 e. The molecule has 1 saturated heterocycles. The number of nitrogens with zero attached hydrogens (tertiary/aromatic N) is 2. The van der Waals surface area contributed by atoms with E-state index >= 15 is 0 Å². The summed E-state index contributed by atoms with van der Waals surface area (Å²) in [6.45, 7) is 2.57. The first-order valence-corrected chi connectivity index (χ1v) is 10.7. The number of hydrogen-bond donors (Lipinski definition) is 1. The number of carbonyl (C=O) groups excluding carboxylic acids is 2. The van der Waals surface area contributed by atoms with Crippen LogP contribution in [-0.4, -0.2) is 82.4 Å². The Kier molecular flexibility index (Phi) is 12.9. The number of rotatable bonds is 6. The molecule has 0 bridgehead atoms. The average molecular weight is 491 g/mol. The number of hydrogen-bond acceptors (Lipinski definition) is 3. The van der Waals surface area contributed by atoms with Crippen LogP contribution in [0.3, 0.4) is 0 Å². The first-order valence-electron chi connectivity index (χ1n) is 9.69. The van der Waals surface area contributed by atoms with Crippen molar-refractivity contribution >= 4 is 38.4 Å². The first kappa shape index (κ1) is 28.8. The Balaban J connectivity index is 0.00000300. The summed E-state index contributed by atoms with van der Waals surface area (Å²) in [5.41, 5.74) is 1.63. The number of likely N-dealkylation sites (tertiary alicyclic amines) is 1. The topological polar surface area (TPSA) is 147 Å². The Hall–Kier alpha value is -2.24. The monoisotopic (exact) mass is 492 g/mol. The van der Waals surface area contributed by atoms with Crippen LogP contribution >= 0.6 is 0 Å². The van der Waals surface area contributed by atoms with E-state index in [0.717, 1.165) is 38.2 Å². The third kappa shape index (κ3) is 8.43. The van der Waals surface area contributed by atoms with Crippen molar-refractivity contribution in [2.75, 3.05) is 31.6 Å². The summed E-state index contributed by atoms with van der Waals surface area (Å²) in [7, 11) is 1.83. The Morgan fingerprint density at radius 1 is 1.00 bits per heavy atom. The van der Waals surface area contributed by atoms with Gasteiger partial charge in [-0.1, -0.05) is 18.2 Å². The number of benzene rings is 2. The predicted octanol–water partition coefficient (Wildman–Crippen LogP) is -0.746. The van der Waals surface area contributed by atoms with Crippen LogP contribution in [0.4, 0.5) is 5.69 Å². The van der Waals surface area contributed by atoms with Gasteiger partial charge in [0.25, 0.3) is 5.91 Å². The number of piperidine rings is 1. The molecule has 0 aliphatic carbocycles. The van der Waals surface area contributed by atoms with Crippen LogP contribution in [0.5, 0.6) is 0 Å². The summed E-state index contributed by atoms with van der Waals surface area (Å²) >= 11 is 2.04. The first-order chi connectivity index (χ1) is 13.5. The molecule has 2 aromatic carbocycles. The van der Waals surface area contributed by atoms with Gasteiger partial charge in [0.1, 0.15) is 0 Å². The minimum atomic E-state index is -0.00560. The van der Waals surface area contributed by atoms with Gasteiger partial charge in [0.15, 0.2) is 0 Å². The van der Waals surface area contributed by atoms with Gasteiger partial charge in [0.2, 0.25) is 0 Å². The molecule has 0 unspecified atom stereocenters. The molecule has 0 aromatic heterocycles. The molecule has 2 aromatic rings. The molecule has 7 N–H and O–H groups in total. The molecule has 0 atom stereocenters. The number of nitrogens with one attached hydrogen (secondary N) is 1. The van der Waals surface area contributed by atoms with E-state index in [0.29, 0.717) is 12.0 Å². The molecule has 0 spiro atoms. The largest absolute Gasteiger partial charge is 0.412 e. The third-order valence-corrected chi connectivity index (χ3v) is 5.93. The van der Waals surface area contributed by atoms with E-state index in [4.69, 9.17) is 0 Å². The maximum atomic E-state index is 12.5. The summed E-state index contributed by atoms with van der Waals surface area (Å²) < 4.78 is 1.19. The van der Waals surface area contributed by atoms with Crippen LogP contribution in [0.1, 0.15) is 29.6 Å². The summed E-state index contributed by atoms with van der Waals surface area (Å²) in [6, 6.07) is 17.5. The predicted molar refractivity (Wildman–Crippen MR) is 124 cm³/mol. The zero-order chi connectivity index (χ0) is 19.9. The van der Waals surface area contributed by atoms with Crippen LogP contribution in [0.25, 0.3) is 0 Å². The molecule has 1 aliphatic heterocycles. The zero-order valence-corrected chi connectivity index (χ0v) is 19.8. The van der Waals surface area contributed by atoms with Gasteiger partial charge >= 0.3 is 123 Å². The van der Waals surface area contributed by atoms with E-state index in [1.54, 1.807) is 4.90 Å². The maximum Gasteiger partial charge on any atom is -0.412 e. The summed E-state index contributed by atoms with van der Waals surface area (Å²) in [4.78, 5) is 28.8. The van der Waals surface area contributed by atoms with Crippen molar-refractivity contribution in [3.8, 4) is 0 Å². The molecule has 2 amide bonds. The van der Waals surface area contributed by atoms with Gasteiger partial charge in [-0.2, -0.15) is 0 Å². The van der Waals surface area contributed by atoms with E-state index < -0.39 is 0 Å². The van der Waals surface area contributed by atoms with E-state index in [-0.39, 0.29) is 34.3 Å². The molecule has 1 fully saturated rings. The molecule has 1 heterocycles. The van der Waals surface area contributed by atoms with Crippen molar-refractivity contribution in [3.63, 3.8) is 0 Å². The second-order valence-corrected chi connectivity index (χ2v) is 8.42. The van der Waals surface area contributed by atoms with Crippen molar-refractivity contribution in [1.82, 2.24) is 10.2 Å². The third-order valence-electron chi connectivity index (χ3n) is 5.23. The molecule has 3 rings (SSSR count). The van der Waals surface area contributed by atoms with Crippen LogP contribution in [0, 0.1) is 0 Å². The van der Waals surface area contributed by atoms with E-state index in [2.05, 4.69) is 10.2 Å². The number of anilines is 1. The van der Waals surface area contributed by atoms with Crippen molar-refractivity contribution in [2.45, 2.75) is 25.3 Å². The minimum absolute atomic E-state index is 0. The Morgan fingerprint density at radius 2 is 1.58 bits per heavy atom. The van der Waals surface area contributed by atoms with Crippen LogP contribution < -0.4 is 14.6 Å². The molecule has 1 aliphatic rings. The fraction of sp³-hybridized carbons (Fsp3) is 0.364. The van der Waals surface area contributed by atoms with Crippen molar-refractivity contribution in [3.05, 3.63) is 60.2 Å². The van der Waals surface area contributed by atoms with E-state index in [1.165, 1.54) is 4.40 Å². The van der Waals surface area contributed by atoms with Crippen LogP contribution in [-0.2, 0) is 4.79 Å². The number of carbonyl (C=O) groups is 2. The summed E-state index contributed by atoms with van der Waals surface area (Å²) in [5, 5.41) is 3.12. The quantitative estimate of drug-likeness (QED) is 0.531. The maximum absolute atomic E-state index is 12.5. The fourth-order valence-corrected chi connectivity index (χ4v) is 3.76. The molecular weight excluding hydrogens is 459 g/mol. The van der Waals surface area contributed by atoms with Gasteiger partial charge in [0, 0.05) is 5.56 Å². The summed E-state index contributed by atoms with van der Waals surface area (Å²) in [6.07, 6.45) is 2.34. The van der Waals surface area contributed by atoms with Crippen LogP contribution in [0.2, 0.25) is 0 Å². The Labute approximate surface area is 191 Å². The molecule has 8 nitrogen and oxygen atoms in total. The SMILES string of the molecule is CN(C(=O)CCN1CCC(NC(=O)c2ccccc2)CC1)c1cc[c]([Ge])cc1.O.O.O. The van der Waals surface area contributed by atoms with Crippen LogP contribution in [0.15, 0.2) is 54.6 Å². The van der Waals surface area contributed by atoms with Gasteiger partial charge in [-0.3, -0.25) is 4.79 Å². The molecule has 31 heavy (non-hydrogen) atoms. The second kappa shape index (κ2) is 13.9. The molecule has 3 radical (unpaired) electrons. The van der Waals surface area contributed by atoms with Gasteiger partial charge in [-0.15, -0.1) is 0 Å². The average Bonchev–Trinajstić information content (AvgIpc) is 2.73. The van der Waals surface area contributed by atoms with Gasteiger partial charge in [-0.25, -0.2) is 0 Å². The van der Waals surface area contributed by atoms with Gasteiger partial charge in [0.05, 0.1) is 0 Å². The standard InChI is InChI=1S/C22H26GeN3O2.3H2O/c1-25(20-9-7-18(23)8-10-20)21(27)13-16-26-14-11-19(12-15-26)24-22(28)17-5-3-2-4-6-17;;;/h2-10,19H,11-16H2,1H3,(H,24,28);3*1H2. The fourth-order valence-electron chi connectivity index (χ4n) is 3.41. The van der Waals surface area contributed by atoms with Gasteiger partial charge in [-0.05, 0) is 12.1 Å². The van der Waals surface area contributed by atoms with Crippen molar-refractivity contribution in [1.29, 1.82) is 0 Å². The number of amides is 2. The second-order valence-electron chi connectivity index (χ2n) is 7.21. The van der Waals surface area contributed by atoms with Crippen molar-refractivity contribution in [2.24, 2.45) is 0 Å². The zero-order valence-electron chi connectivity index (χ0n) is 17.7. The molecule has 169 valence electrons. The minimum Gasteiger partial charge on any atom is -0.412 e. The Morgan fingerprint density at radius 3 is 2.16 bits per heavy atom. The summed E-state index contributed by atoms with van der Waals surface area (Å²) in [5.74, 6) is 0.123. The van der Waals surface area contributed by atoms with E-state index in [9.17, 15) is 9.59 Å². The molecule has 0 saturated carbocycles. The molecule has 9 heteroatoms. The normalized spacial score (nSPS) is 13.7. The van der Waals surface area contributed by atoms with Gasteiger partial charge < -0.3 is 21.7 Å². The molecular formula is C22H32GeN3O5. The van der Waals surface area contributed by atoms with Crippen molar-refractivity contribution < 1.29 is 26.0 Å². The van der Waals surface area contributed by atoms with E-state index in [1.807, 2.05) is 78.2 Å². The Bertz CT molecular complexity index is 797.